The second-order valence-electron chi connectivity index (χ2n) is 6.83. The predicted octanol–water partition coefficient (Wildman–Crippen LogP) is 3.88. The highest BCUT2D eigenvalue weighted by Crippen LogP contribution is 2.50. The van der Waals surface area contributed by atoms with Crippen LogP contribution in [0, 0.1) is 13.8 Å². The number of benzene rings is 2. The summed E-state index contributed by atoms with van der Waals surface area (Å²) in [7, 11) is 4.14. The molecule has 0 radical (unpaired) electrons. The molecule has 8 heteroatoms. The van der Waals surface area contributed by atoms with E-state index in [4.69, 9.17) is 23.7 Å². The van der Waals surface area contributed by atoms with E-state index in [2.05, 4.69) is 0 Å². The summed E-state index contributed by atoms with van der Waals surface area (Å²) in [5.41, 5.74) is 1.48. The van der Waals surface area contributed by atoms with Crippen LogP contribution in [-0.4, -0.2) is 38.4 Å². The Hall–Kier alpha value is -3.26. The van der Waals surface area contributed by atoms with Gasteiger partial charge in [-0.1, -0.05) is 6.92 Å². The van der Waals surface area contributed by atoms with Gasteiger partial charge in [-0.25, -0.2) is 9.59 Å². The van der Waals surface area contributed by atoms with Crippen LogP contribution in [0.25, 0.3) is 0 Å². The Morgan fingerprint density at radius 1 is 1.03 bits per heavy atom. The lowest BCUT2D eigenvalue weighted by Crippen LogP contribution is -2.12. The molecule has 0 fully saturated rings. The number of aliphatic hydroxyl groups excluding tert-OH is 1. The number of carbonyl (C=O) groups is 2. The molecule has 8 nitrogen and oxygen atoms in total. The number of hydrogen-bond donors (Lipinski definition) is 1. The monoisotopic (exact) mass is 416 g/mol. The largest absolute Gasteiger partial charge is 0.496 e. The summed E-state index contributed by atoms with van der Waals surface area (Å²) < 4.78 is 27.4. The van der Waals surface area contributed by atoms with Gasteiger partial charge in [-0.3, -0.25) is 0 Å². The second-order valence-corrected chi connectivity index (χ2v) is 6.83. The number of hydrogen-bond acceptors (Lipinski definition) is 8. The fourth-order valence-electron chi connectivity index (χ4n) is 3.47. The summed E-state index contributed by atoms with van der Waals surface area (Å²) in [6.07, 6.45) is -0.618. The van der Waals surface area contributed by atoms with Gasteiger partial charge in [0, 0.05) is 5.56 Å². The smallest absolute Gasteiger partial charge is 0.347 e. The van der Waals surface area contributed by atoms with Crippen LogP contribution in [0.1, 0.15) is 56.9 Å². The quantitative estimate of drug-likeness (QED) is 0.579. The summed E-state index contributed by atoms with van der Waals surface area (Å²) in [5.74, 6) is -0.543. The number of ether oxygens (including phenoxy) is 5. The number of aryl methyl sites for hydroxylation is 1. The molecule has 1 aliphatic rings. The third-order valence-corrected chi connectivity index (χ3v) is 5.08. The number of rotatable bonds is 5. The summed E-state index contributed by atoms with van der Waals surface area (Å²) in [6.45, 7) is 5.17. The van der Waals surface area contributed by atoms with E-state index in [0.717, 1.165) is 0 Å². The maximum atomic E-state index is 13.1. The van der Waals surface area contributed by atoms with Crippen LogP contribution < -0.4 is 18.9 Å². The highest BCUT2D eigenvalue weighted by Gasteiger charge is 2.35. The van der Waals surface area contributed by atoms with Gasteiger partial charge in [-0.05, 0) is 38.0 Å². The summed E-state index contributed by atoms with van der Waals surface area (Å²) in [6, 6.07) is 3.10. The molecule has 0 aliphatic carbocycles. The van der Waals surface area contributed by atoms with Gasteiger partial charge in [-0.15, -0.1) is 0 Å². The topological polar surface area (TPSA) is 101 Å². The van der Waals surface area contributed by atoms with E-state index in [0.29, 0.717) is 34.6 Å². The summed E-state index contributed by atoms with van der Waals surface area (Å²) in [4.78, 5) is 25.5. The first-order chi connectivity index (χ1) is 14.3. The molecular formula is C22H24O8. The molecule has 1 unspecified atom stereocenters. The first kappa shape index (κ1) is 21.4. The van der Waals surface area contributed by atoms with Crippen LogP contribution in [0.2, 0.25) is 0 Å². The molecule has 1 atom stereocenters. The van der Waals surface area contributed by atoms with Crippen molar-refractivity contribution in [2.24, 2.45) is 0 Å². The van der Waals surface area contributed by atoms with Gasteiger partial charge in [0.15, 0.2) is 17.2 Å². The maximum absolute atomic E-state index is 13.1. The zero-order valence-corrected chi connectivity index (χ0v) is 17.7. The van der Waals surface area contributed by atoms with Crippen LogP contribution in [0.5, 0.6) is 28.7 Å². The molecule has 2 aromatic rings. The maximum Gasteiger partial charge on any atom is 0.347 e. The number of fused-ring (bicyclic) bond motifs is 2. The Kier molecular flexibility index (Phi) is 5.89. The molecule has 0 bridgehead atoms. The lowest BCUT2D eigenvalue weighted by Gasteiger charge is -2.21. The summed E-state index contributed by atoms with van der Waals surface area (Å²) >= 11 is 0. The Labute approximate surface area is 174 Å². The van der Waals surface area contributed by atoms with Crippen LogP contribution in [0.4, 0.5) is 0 Å². The van der Waals surface area contributed by atoms with Crippen LogP contribution in [0.15, 0.2) is 12.1 Å². The molecule has 0 saturated heterocycles. The third kappa shape index (κ3) is 3.33. The molecule has 0 aromatic heterocycles. The minimum atomic E-state index is -0.968. The van der Waals surface area contributed by atoms with E-state index in [-0.39, 0.29) is 28.4 Å². The minimum Gasteiger partial charge on any atom is -0.496 e. The van der Waals surface area contributed by atoms with Crippen molar-refractivity contribution in [1.82, 2.24) is 0 Å². The molecular weight excluding hydrogens is 392 g/mol. The molecule has 0 spiro atoms. The van der Waals surface area contributed by atoms with E-state index >= 15 is 0 Å². The molecule has 1 heterocycles. The van der Waals surface area contributed by atoms with Gasteiger partial charge in [0.2, 0.25) is 0 Å². The van der Waals surface area contributed by atoms with Crippen molar-refractivity contribution in [3.8, 4) is 28.7 Å². The molecule has 3 rings (SSSR count). The molecule has 30 heavy (non-hydrogen) atoms. The lowest BCUT2D eigenvalue weighted by molar-refractivity contribution is 0.0594. The molecule has 160 valence electrons. The number of methoxy groups -OCH3 is 3. The van der Waals surface area contributed by atoms with Crippen molar-refractivity contribution >= 4 is 11.9 Å². The van der Waals surface area contributed by atoms with Gasteiger partial charge in [-0.2, -0.15) is 0 Å². The lowest BCUT2D eigenvalue weighted by atomic mass is 9.97. The standard InChI is InChI=1S/C22H24O8/c1-7-13(23)17-15(27-5)8-10(2)16-20(17)29-19-12(21(24)28-6)9-14(26-4)11(3)18(19)30-22(16)25/h8-9,13,23H,7H2,1-6H3. The normalized spacial score (nSPS) is 13.2. The van der Waals surface area contributed by atoms with Crippen LogP contribution >= 0.6 is 0 Å². The van der Waals surface area contributed by atoms with Gasteiger partial charge in [0.1, 0.15) is 22.6 Å². The van der Waals surface area contributed by atoms with E-state index in [9.17, 15) is 14.7 Å². The van der Waals surface area contributed by atoms with Gasteiger partial charge < -0.3 is 28.8 Å². The zero-order chi connectivity index (χ0) is 22.2. The Morgan fingerprint density at radius 2 is 1.70 bits per heavy atom. The Balaban J connectivity index is 2.40. The number of aliphatic hydroxyl groups is 1. The number of carbonyl (C=O) groups excluding carboxylic acids is 2. The fraction of sp³-hybridized carbons (Fsp3) is 0.364. The van der Waals surface area contributed by atoms with E-state index < -0.39 is 18.0 Å². The summed E-state index contributed by atoms with van der Waals surface area (Å²) in [5, 5.41) is 10.7. The minimum absolute atomic E-state index is 0.00413. The molecule has 1 aliphatic heterocycles. The molecule has 2 aromatic carbocycles. The highest BCUT2D eigenvalue weighted by molar-refractivity contribution is 6.01. The first-order valence-corrected chi connectivity index (χ1v) is 9.38. The van der Waals surface area contributed by atoms with E-state index in [1.807, 2.05) is 0 Å². The van der Waals surface area contributed by atoms with Crippen molar-refractivity contribution in [1.29, 1.82) is 0 Å². The van der Waals surface area contributed by atoms with Crippen LogP contribution in [0.3, 0.4) is 0 Å². The van der Waals surface area contributed by atoms with Crippen molar-refractivity contribution in [3.05, 3.63) is 39.9 Å². The van der Waals surface area contributed by atoms with Gasteiger partial charge >= 0.3 is 11.9 Å². The first-order valence-electron chi connectivity index (χ1n) is 9.38. The van der Waals surface area contributed by atoms with Crippen molar-refractivity contribution in [2.75, 3.05) is 21.3 Å². The molecule has 0 saturated carbocycles. The van der Waals surface area contributed by atoms with Gasteiger partial charge in [0.05, 0.1) is 33.0 Å². The number of esters is 2. The Morgan fingerprint density at radius 3 is 2.27 bits per heavy atom. The second kappa shape index (κ2) is 8.23. The van der Waals surface area contributed by atoms with Crippen molar-refractivity contribution < 1.29 is 38.4 Å². The molecule has 1 N–H and O–H groups in total. The van der Waals surface area contributed by atoms with Crippen molar-refractivity contribution in [2.45, 2.75) is 33.3 Å². The van der Waals surface area contributed by atoms with E-state index in [1.54, 1.807) is 26.8 Å². The molecule has 0 amide bonds. The Bertz CT molecular complexity index is 1020. The van der Waals surface area contributed by atoms with Crippen LogP contribution in [-0.2, 0) is 4.74 Å². The van der Waals surface area contributed by atoms with E-state index in [1.165, 1.54) is 27.4 Å². The third-order valence-electron chi connectivity index (χ3n) is 5.08. The fourth-order valence-corrected chi connectivity index (χ4v) is 3.47. The average Bonchev–Trinajstić information content (AvgIpc) is 2.89. The van der Waals surface area contributed by atoms with Crippen molar-refractivity contribution in [3.63, 3.8) is 0 Å². The van der Waals surface area contributed by atoms with Gasteiger partial charge in [0.25, 0.3) is 0 Å². The predicted molar refractivity (Wildman–Crippen MR) is 107 cm³/mol. The SMILES string of the molecule is CCC(O)c1c(OC)cc(C)c2c1Oc1c(C(=O)OC)cc(OC)c(C)c1OC2=O. The highest BCUT2D eigenvalue weighted by atomic mass is 16.6. The average molecular weight is 416 g/mol. The zero-order valence-electron chi connectivity index (χ0n) is 17.7.